The number of nitrogens with one attached hydrogen (secondary N) is 1. The smallest absolute Gasteiger partial charge is 0.225 e. The summed E-state index contributed by atoms with van der Waals surface area (Å²) in [5.41, 5.74) is 0. The van der Waals surface area contributed by atoms with E-state index < -0.39 is 0 Å². The summed E-state index contributed by atoms with van der Waals surface area (Å²) in [6, 6.07) is 1.68. The average molecular weight is 264 g/mol. The van der Waals surface area contributed by atoms with Crippen molar-refractivity contribution < 1.29 is 9.53 Å². The molecule has 19 heavy (non-hydrogen) atoms. The Balaban J connectivity index is 1.74. The molecule has 0 aliphatic carbocycles. The lowest BCUT2D eigenvalue weighted by atomic mass is 10.1. The molecule has 1 aromatic rings. The van der Waals surface area contributed by atoms with E-state index in [-0.39, 0.29) is 5.91 Å². The summed E-state index contributed by atoms with van der Waals surface area (Å²) < 4.78 is 5.01. The van der Waals surface area contributed by atoms with E-state index in [1.165, 1.54) is 6.42 Å². The van der Waals surface area contributed by atoms with Crippen LogP contribution in [0.3, 0.4) is 0 Å². The average Bonchev–Trinajstić information content (AvgIpc) is 2.48. The maximum atomic E-state index is 11.9. The standard InChI is InChI=1S/C13H20N4O2/c1-19-11-5-7-14-13(16-11)15-8-6-12(18)17-9-3-2-4-10-17/h5,7H,2-4,6,8-10H2,1H3,(H,14,15,16). The first-order chi connectivity index (χ1) is 9.29. The molecule has 6 nitrogen and oxygen atoms in total. The second-order valence-corrected chi connectivity index (χ2v) is 4.54. The summed E-state index contributed by atoms with van der Waals surface area (Å²) in [4.78, 5) is 22.1. The molecule has 0 spiro atoms. The van der Waals surface area contributed by atoms with Gasteiger partial charge in [0.1, 0.15) is 0 Å². The van der Waals surface area contributed by atoms with Crippen LogP contribution in [-0.4, -0.2) is 47.5 Å². The van der Waals surface area contributed by atoms with Crippen molar-refractivity contribution in [2.24, 2.45) is 0 Å². The van der Waals surface area contributed by atoms with E-state index >= 15 is 0 Å². The number of carbonyl (C=O) groups is 1. The molecule has 0 atom stereocenters. The third-order valence-electron chi connectivity index (χ3n) is 3.17. The van der Waals surface area contributed by atoms with Crippen LogP contribution in [-0.2, 0) is 4.79 Å². The van der Waals surface area contributed by atoms with E-state index in [9.17, 15) is 4.79 Å². The number of rotatable bonds is 5. The van der Waals surface area contributed by atoms with E-state index in [4.69, 9.17) is 4.74 Å². The van der Waals surface area contributed by atoms with Crippen molar-refractivity contribution in [1.82, 2.24) is 14.9 Å². The van der Waals surface area contributed by atoms with Gasteiger partial charge >= 0.3 is 0 Å². The zero-order valence-corrected chi connectivity index (χ0v) is 11.3. The van der Waals surface area contributed by atoms with E-state index in [0.29, 0.717) is 24.8 Å². The van der Waals surface area contributed by atoms with Crippen LogP contribution in [0, 0.1) is 0 Å². The number of piperidine rings is 1. The lowest BCUT2D eigenvalue weighted by Gasteiger charge is -2.26. The summed E-state index contributed by atoms with van der Waals surface area (Å²) in [6.07, 6.45) is 5.58. The molecule has 104 valence electrons. The number of ether oxygens (including phenoxy) is 1. The maximum Gasteiger partial charge on any atom is 0.225 e. The second kappa shape index (κ2) is 6.92. The summed E-state index contributed by atoms with van der Waals surface area (Å²) in [6.45, 7) is 2.34. The van der Waals surface area contributed by atoms with Crippen molar-refractivity contribution in [2.45, 2.75) is 25.7 Å². The molecule has 2 heterocycles. The van der Waals surface area contributed by atoms with Gasteiger partial charge in [-0.2, -0.15) is 4.98 Å². The highest BCUT2D eigenvalue weighted by Gasteiger charge is 2.15. The van der Waals surface area contributed by atoms with Crippen molar-refractivity contribution in [3.63, 3.8) is 0 Å². The topological polar surface area (TPSA) is 67.3 Å². The Morgan fingerprint density at radius 3 is 2.95 bits per heavy atom. The fourth-order valence-electron chi connectivity index (χ4n) is 2.12. The minimum absolute atomic E-state index is 0.204. The van der Waals surface area contributed by atoms with Gasteiger partial charge < -0.3 is 15.0 Å². The van der Waals surface area contributed by atoms with Gasteiger partial charge in [-0.25, -0.2) is 4.98 Å². The normalized spacial score (nSPS) is 15.1. The van der Waals surface area contributed by atoms with Crippen LogP contribution in [0.25, 0.3) is 0 Å². The molecule has 1 aromatic heterocycles. The highest BCUT2D eigenvalue weighted by Crippen LogP contribution is 2.10. The Bertz CT molecular complexity index is 419. The number of hydrogen-bond acceptors (Lipinski definition) is 5. The first-order valence-corrected chi connectivity index (χ1v) is 6.68. The van der Waals surface area contributed by atoms with E-state index in [1.807, 2.05) is 4.90 Å². The molecule has 0 radical (unpaired) electrons. The Morgan fingerprint density at radius 2 is 2.21 bits per heavy atom. The van der Waals surface area contributed by atoms with Crippen LogP contribution in [0.5, 0.6) is 5.88 Å². The molecule has 1 amide bonds. The summed E-state index contributed by atoms with van der Waals surface area (Å²) in [7, 11) is 1.56. The molecule has 0 bridgehead atoms. The third-order valence-corrected chi connectivity index (χ3v) is 3.17. The number of amides is 1. The minimum Gasteiger partial charge on any atom is -0.481 e. The Kier molecular flexibility index (Phi) is 4.94. The summed E-state index contributed by atoms with van der Waals surface area (Å²) >= 11 is 0. The Labute approximate surface area is 113 Å². The molecule has 1 aliphatic heterocycles. The van der Waals surface area contributed by atoms with Crippen LogP contribution in [0.2, 0.25) is 0 Å². The highest BCUT2D eigenvalue weighted by molar-refractivity contribution is 5.76. The largest absolute Gasteiger partial charge is 0.481 e. The molecule has 1 N–H and O–H groups in total. The van der Waals surface area contributed by atoms with Gasteiger partial charge in [0.25, 0.3) is 0 Å². The van der Waals surface area contributed by atoms with Crippen molar-refractivity contribution >= 4 is 11.9 Å². The molecule has 0 aromatic carbocycles. The number of hydrogen-bond donors (Lipinski definition) is 1. The van der Waals surface area contributed by atoms with Crippen molar-refractivity contribution in [3.8, 4) is 5.88 Å². The minimum atomic E-state index is 0.204. The molecule has 2 rings (SSSR count). The Hall–Kier alpha value is -1.85. The van der Waals surface area contributed by atoms with Crippen LogP contribution in [0.15, 0.2) is 12.3 Å². The fourth-order valence-corrected chi connectivity index (χ4v) is 2.12. The van der Waals surface area contributed by atoms with Gasteiger partial charge in [0.05, 0.1) is 7.11 Å². The van der Waals surface area contributed by atoms with E-state index in [1.54, 1.807) is 19.4 Å². The number of nitrogens with zero attached hydrogens (tertiary/aromatic N) is 3. The van der Waals surface area contributed by atoms with E-state index in [0.717, 1.165) is 25.9 Å². The lowest BCUT2D eigenvalue weighted by Crippen LogP contribution is -2.36. The molecular weight excluding hydrogens is 244 g/mol. The van der Waals surface area contributed by atoms with Crippen LogP contribution in [0.1, 0.15) is 25.7 Å². The third kappa shape index (κ3) is 4.08. The number of methoxy groups -OCH3 is 1. The van der Waals surface area contributed by atoms with Crippen LogP contribution < -0.4 is 10.1 Å². The van der Waals surface area contributed by atoms with Gasteiger partial charge in [-0.1, -0.05) is 0 Å². The molecule has 1 aliphatic rings. The first kappa shape index (κ1) is 13.6. The zero-order valence-electron chi connectivity index (χ0n) is 11.3. The van der Waals surface area contributed by atoms with Gasteiger partial charge in [-0.15, -0.1) is 0 Å². The van der Waals surface area contributed by atoms with Crippen LogP contribution >= 0.6 is 0 Å². The van der Waals surface area contributed by atoms with Crippen molar-refractivity contribution in [2.75, 3.05) is 32.1 Å². The predicted molar refractivity (Wildman–Crippen MR) is 72.1 cm³/mol. The van der Waals surface area contributed by atoms with Crippen LogP contribution in [0.4, 0.5) is 5.95 Å². The van der Waals surface area contributed by atoms with Crippen molar-refractivity contribution in [3.05, 3.63) is 12.3 Å². The van der Waals surface area contributed by atoms with Gasteiger partial charge in [0.15, 0.2) is 0 Å². The van der Waals surface area contributed by atoms with Crippen molar-refractivity contribution in [1.29, 1.82) is 0 Å². The molecule has 6 heteroatoms. The molecule has 1 saturated heterocycles. The fraction of sp³-hybridized carbons (Fsp3) is 0.615. The molecule has 1 fully saturated rings. The summed E-state index contributed by atoms with van der Waals surface area (Å²) in [5, 5.41) is 3.04. The summed E-state index contributed by atoms with van der Waals surface area (Å²) in [5.74, 6) is 1.21. The van der Waals surface area contributed by atoms with Gasteiger partial charge in [0, 0.05) is 38.3 Å². The first-order valence-electron chi connectivity index (χ1n) is 6.68. The van der Waals surface area contributed by atoms with E-state index in [2.05, 4.69) is 15.3 Å². The van der Waals surface area contributed by atoms with Gasteiger partial charge in [-0.3, -0.25) is 4.79 Å². The number of likely N-dealkylation sites (tertiary alicyclic amines) is 1. The quantitative estimate of drug-likeness (QED) is 0.868. The number of aromatic nitrogens is 2. The number of anilines is 1. The highest BCUT2D eigenvalue weighted by atomic mass is 16.5. The molecular formula is C13H20N4O2. The lowest BCUT2D eigenvalue weighted by molar-refractivity contribution is -0.131. The predicted octanol–water partition coefficient (Wildman–Crippen LogP) is 1.30. The zero-order chi connectivity index (χ0) is 13.5. The maximum absolute atomic E-state index is 11.9. The molecule has 0 saturated carbocycles. The van der Waals surface area contributed by atoms with Gasteiger partial charge in [-0.05, 0) is 19.3 Å². The SMILES string of the molecule is COc1ccnc(NCCC(=O)N2CCCCC2)n1. The number of carbonyl (C=O) groups excluding carboxylic acids is 1. The second-order valence-electron chi connectivity index (χ2n) is 4.54. The Morgan fingerprint density at radius 1 is 1.42 bits per heavy atom. The molecule has 0 unspecified atom stereocenters. The monoisotopic (exact) mass is 264 g/mol. The van der Waals surface area contributed by atoms with Gasteiger partial charge in [0.2, 0.25) is 17.7 Å².